The average Bonchev–Trinajstić information content (AvgIpc) is 2.31. The van der Waals surface area contributed by atoms with Crippen LogP contribution in [0.4, 0.5) is 4.79 Å². The first kappa shape index (κ1) is 17.8. The van der Waals surface area contributed by atoms with Gasteiger partial charge < -0.3 is 15.8 Å². The minimum absolute atomic E-state index is 0.184. The monoisotopic (exact) mass is 312 g/mol. The zero-order chi connectivity index (χ0) is 16.2. The maximum absolute atomic E-state index is 11.7. The molecule has 0 radical (unpaired) electrons. The van der Waals surface area contributed by atoms with Gasteiger partial charge in [-0.1, -0.05) is 23.7 Å². The Morgan fingerprint density at radius 1 is 1.43 bits per heavy atom. The molecule has 0 aromatic heterocycles. The lowest BCUT2D eigenvalue weighted by Crippen LogP contribution is -2.48. The Kier molecular flexibility index (Phi) is 6.05. The fourth-order valence-corrected chi connectivity index (χ4v) is 2.00. The molecule has 1 aromatic rings. The molecule has 4 nitrogen and oxygen atoms in total. The van der Waals surface area contributed by atoms with Crippen molar-refractivity contribution in [2.75, 3.05) is 0 Å². The second-order valence-electron chi connectivity index (χ2n) is 6.39. The SMILES string of the molecule is Cc1cc(CC(N)[C@@H](C)NC(=O)OC(C)(C)C)ccc1Cl. The highest BCUT2D eigenvalue weighted by molar-refractivity contribution is 6.31. The third kappa shape index (κ3) is 6.36. The van der Waals surface area contributed by atoms with Crippen LogP contribution in [-0.2, 0) is 11.2 Å². The number of carbonyl (C=O) groups excluding carboxylic acids is 1. The molecule has 0 bridgehead atoms. The van der Waals surface area contributed by atoms with Crippen LogP contribution >= 0.6 is 11.6 Å². The summed E-state index contributed by atoms with van der Waals surface area (Å²) < 4.78 is 5.22. The van der Waals surface area contributed by atoms with Crippen molar-refractivity contribution in [3.63, 3.8) is 0 Å². The Morgan fingerprint density at radius 3 is 2.57 bits per heavy atom. The van der Waals surface area contributed by atoms with Crippen LogP contribution in [0, 0.1) is 6.92 Å². The van der Waals surface area contributed by atoms with E-state index in [1.807, 2.05) is 52.8 Å². The van der Waals surface area contributed by atoms with Crippen LogP contribution in [0.2, 0.25) is 5.02 Å². The minimum atomic E-state index is -0.513. The third-order valence-corrected chi connectivity index (χ3v) is 3.50. The topological polar surface area (TPSA) is 64.3 Å². The average molecular weight is 313 g/mol. The number of hydrogen-bond acceptors (Lipinski definition) is 3. The van der Waals surface area contributed by atoms with E-state index >= 15 is 0 Å². The van der Waals surface area contributed by atoms with Gasteiger partial charge in [0, 0.05) is 17.1 Å². The van der Waals surface area contributed by atoms with Gasteiger partial charge in [-0.05, 0) is 58.2 Å². The molecule has 2 atom stereocenters. The lowest BCUT2D eigenvalue weighted by atomic mass is 10.00. The smallest absolute Gasteiger partial charge is 0.407 e. The normalized spacial score (nSPS) is 14.4. The second kappa shape index (κ2) is 7.14. The van der Waals surface area contributed by atoms with Gasteiger partial charge in [0.2, 0.25) is 0 Å². The molecule has 0 saturated heterocycles. The van der Waals surface area contributed by atoms with E-state index in [0.29, 0.717) is 6.42 Å². The summed E-state index contributed by atoms with van der Waals surface area (Å²) >= 11 is 6.01. The molecular weight excluding hydrogens is 288 g/mol. The van der Waals surface area contributed by atoms with E-state index in [4.69, 9.17) is 22.1 Å². The fourth-order valence-electron chi connectivity index (χ4n) is 1.88. The summed E-state index contributed by atoms with van der Waals surface area (Å²) in [5, 5.41) is 3.51. The van der Waals surface area contributed by atoms with Gasteiger partial charge in [0.15, 0.2) is 0 Å². The van der Waals surface area contributed by atoms with Crippen molar-refractivity contribution in [1.29, 1.82) is 0 Å². The van der Waals surface area contributed by atoms with E-state index in [2.05, 4.69) is 5.32 Å². The minimum Gasteiger partial charge on any atom is -0.444 e. The number of halogens is 1. The van der Waals surface area contributed by atoms with Gasteiger partial charge in [-0.2, -0.15) is 0 Å². The van der Waals surface area contributed by atoms with Gasteiger partial charge in [0.1, 0.15) is 5.60 Å². The van der Waals surface area contributed by atoms with Crippen LogP contribution < -0.4 is 11.1 Å². The molecule has 5 heteroatoms. The van der Waals surface area contributed by atoms with Crippen LogP contribution in [0.5, 0.6) is 0 Å². The number of amides is 1. The molecule has 0 aliphatic rings. The predicted molar refractivity (Wildman–Crippen MR) is 86.7 cm³/mol. The molecular formula is C16H25ClN2O2. The van der Waals surface area contributed by atoms with Crippen molar-refractivity contribution in [3.05, 3.63) is 34.3 Å². The van der Waals surface area contributed by atoms with Crippen LogP contribution in [0.25, 0.3) is 0 Å². The number of rotatable bonds is 4. The Bertz CT molecular complexity index is 498. The highest BCUT2D eigenvalue weighted by Gasteiger charge is 2.20. The van der Waals surface area contributed by atoms with Crippen molar-refractivity contribution >= 4 is 17.7 Å². The molecule has 1 aromatic carbocycles. The van der Waals surface area contributed by atoms with Crippen molar-refractivity contribution in [2.24, 2.45) is 5.73 Å². The number of hydrogen-bond donors (Lipinski definition) is 2. The first-order valence-electron chi connectivity index (χ1n) is 7.08. The molecule has 0 saturated carbocycles. The van der Waals surface area contributed by atoms with E-state index in [0.717, 1.165) is 16.1 Å². The van der Waals surface area contributed by atoms with Crippen molar-refractivity contribution in [2.45, 2.75) is 58.7 Å². The zero-order valence-electron chi connectivity index (χ0n) is 13.4. The van der Waals surface area contributed by atoms with Gasteiger partial charge in [-0.15, -0.1) is 0 Å². The van der Waals surface area contributed by atoms with Crippen molar-refractivity contribution < 1.29 is 9.53 Å². The molecule has 0 aliphatic carbocycles. The maximum atomic E-state index is 11.7. The van der Waals surface area contributed by atoms with Crippen LogP contribution in [-0.4, -0.2) is 23.8 Å². The summed E-state index contributed by atoms with van der Waals surface area (Å²) in [4.78, 5) is 11.7. The summed E-state index contributed by atoms with van der Waals surface area (Å²) in [6, 6.07) is 5.46. The van der Waals surface area contributed by atoms with E-state index in [1.54, 1.807) is 0 Å². The van der Waals surface area contributed by atoms with Crippen LogP contribution in [0.3, 0.4) is 0 Å². The molecule has 1 rings (SSSR count). The number of alkyl carbamates (subject to hydrolysis) is 1. The first-order valence-corrected chi connectivity index (χ1v) is 7.46. The molecule has 21 heavy (non-hydrogen) atoms. The molecule has 3 N–H and O–H groups in total. The molecule has 0 fully saturated rings. The predicted octanol–water partition coefficient (Wildman–Crippen LogP) is 3.43. The third-order valence-electron chi connectivity index (χ3n) is 3.08. The van der Waals surface area contributed by atoms with Gasteiger partial charge in [0.05, 0.1) is 0 Å². The van der Waals surface area contributed by atoms with Crippen molar-refractivity contribution in [1.82, 2.24) is 5.32 Å². The number of aryl methyl sites for hydroxylation is 1. The number of benzene rings is 1. The molecule has 0 aliphatic heterocycles. The molecule has 118 valence electrons. The van der Waals surface area contributed by atoms with E-state index in [9.17, 15) is 4.79 Å². The Morgan fingerprint density at radius 2 is 2.05 bits per heavy atom. The Hall–Kier alpha value is -1.26. The molecule has 1 amide bonds. The lowest BCUT2D eigenvalue weighted by Gasteiger charge is -2.25. The van der Waals surface area contributed by atoms with Crippen LogP contribution in [0.1, 0.15) is 38.8 Å². The summed E-state index contributed by atoms with van der Waals surface area (Å²) in [7, 11) is 0. The highest BCUT2D eigenvalue weighted by atomic mass is 35.5. The van der Waals surface area contributed by atoms with Crippen molar-refractivity contribution in [3.8, 4) is 0 Å². The summed E-state index contributed by atoms with van der Waals surface area (Å²) in [5.74, 6) is 0. The largest absolute Gasteiger partial charge is 0.444 e. The van der Waals surface area contributed by atoms with Crippen LogP contribution in [0.15, 0.2) is 18.2 Å². The van der Waals surface area contributed by atoms with Gasteiger partial charge in [-0.3, -0.25) is 0 Å². The second-order valence-corrected chi connectivity index (χ2v) is 6.79. The molecule has 1 unspecified atom stereocenters. The fraction of sp³-hybridized carbons (Fsp3) is 0.562. The molecule has 0 spiro atoms. The Balaban J connectivity index is 2.56. The summed E-state index contributed by atoms with van der Waals surface area (Å²) in [6.07, 6.45) is 0.215. The van der Waals surface area contributed by atoms with E-state index < -0.39 is 11.7 Å². The first-order chi connectivity index (χ1) is 9.58. The van der Waals surface area contributed by atoms with E-state index in [1.165, 1.54) is 0 Å². The zero-order valence-corrected chi connectivity index (χ0v) is 14.1. The Labute approximate surface area is 132 Å². The summed E-state index contributed by atoms with van der Waals surface area (Å²) in [6.45, 7) is 9.31. The van der Waals surface area contributed by atoms with Gasteiger partial charge >= 0.3 is 6.09 Å². The van der Waals surface area contributed by atoms with Gasteiger partial charge in [-0.25, -0.2) is 4.79 Å². The van der Waals surface area contributed by atoms with E-state index in [-0.39, 0.29) is 12.1 Å². The number of ether oxygens (including phenoxy) is 1. The number of nitrogens with one attached hydrogen (secondary N) is 1. The standard InChI is InChI=1S/C16H25ClN2O2/c1-10-8-12(6-7-13(10)17)9-14(18)11(2)19-15(20)21-16(3,4)5/h6-8,11,14H,9,18H2,1-5H3,(H,19,20)/t11-,14?/m1/s1. The maximum Gasteiger partial charge on any atom is 0.407 e. The highest BCUT2D eigenvalue weighted by Crippen LogP contribution is 2.17. The summed E-state index contributed by atoms with van der Waals surface area (Å²) in [5.41, 5.74) is 7.76. The quantitative estimate of drug-likeness (QED) is 0.895. The van der Waals surface area contributed by atoms with Gasteiger partial charge in [0.25, 0.3) is 0 Å². The number of carbonyl (C=O) groups is 1. The molecule has 0 heterocycles. The number of nitrogens with two attached hydrogens (primary N) is 1. The lowest BCUT2D eigenvalue weighted by molar-refractivity contribution is 0.0501.